The summed E-state index contributed by atoms with van der Waals surface area (Å²) >= 11 is 0. The molecule has 37 heavy (non-hydrogen) atoms. The van der Waals surface area contributed by atoms with Crippen molar-refractivity contribution < 1.29 is 18.3 Å². The number of carbonyl (C=O) groups is 1. The quantitative estimate of drug-likeness (QED) is 0.312. The molecule has 0 unspecified atom stereocenters. The lowest BCUT2D eigenvalue weighted by Crippen LogP contribution is -2.53. The van der Waals surface area contributed by atoms with Crippen molar-refractivity contribution in [3.63, 3.8) is 0 Å². The van der Waals surface area contributed by atoms with Crippen LogP contribution in [0.3, 0.4) is 0 Å². The summed E-state index contributed by atoms with van der Waals surface area (Å²) in [4.78, 5) is 19.4. The predicted octanol–water partition coefficient (Wildman–Crippen LogP) is 5.63. The van der Waals surface area contributed by atoms with Gasteiger partial charge in [-0.1, -0.05) is 6.07 Å². The first-order chi connectivity index (χ1) is 17.7. The number of rotatable bonds is 8. The molecular weight excluding hydrogens is 478 g/mol. The predicted molar refractivity (Wildman–Crippen MR) is 138 cm³/mol. The van der Waals surface area contributed by atoms with Gasteiger partial charge >= 0.3 is 0 Å². The number of amides is 1. The summed E-state index contributed by atoms with van der Waals surface area (Å²) in [6.45, 7) is 1.88. The number of hydrogen-bond donors (Lipinski definition) is 4. The standard InChI is InChI=1S/C27H30F2N6O2/c1-17(36)32-18-3-2-4-19(13-18)33-24-22(29)15-31-25(35-24)34-20-5-6-23(21(28)14-20)37-16-26-7-10-27(30,11-8-26)12-9-26/h2-6,13-15H,7-12,16,30H2,1H3,(H,32,36)(H2,31,33,34,35). The van der Waals surface area contributed by atoms with Crippen LogP contribution in [0.5, 0.6) is 5.75 Å². The van der Waals surface area contributed by atoms with Crippen LogP contribution in [0.1, 0.15) is 45.4 Å². The number of nitrogens with one attached hydrogen (secondary N) is 3. The number of anilines is 5. The summed E-state index contributed by atoms with van der Waals surface area (Å²) in [5.41, 5.74) is 7.93. The molecule has 2 bridgehead atoms. The van der Waals surface area contributed by atoms with Gasteiger partial charge in [0.25, 0.3) is 0 Å². The second kappa shape index (κ2) is 9.93. The van der Waals surface area contributed by atoms with E-state index in [1.165, 1.54) is 13.0 Å². The van der Waals surface area contributed by atoms with E-state index in [0.29, 0.717) is 23.7 Å². The van der Waals surface area contributed by atoms with Gasteiger partial charge in [-0.25, -0.2) is 13.8 Å². The summed E-state index contributed by atoms with van der Waals surface area (Å²) in [6.07, 6.45) is 7.05. The molecule has 1 heterocycles. The fraction of sp³-hybridized carbons (Fsp3) is 0.370. The van der Waals surface area contributed by atoms with Crippen LogP contribution in [0, 0.1) is 17.0 Å². The minimum absolute atomic E-state index is 0.0190. The number of ether oxygens (including phenoxy) is 1. The Hall–Kier alpha value is -3.79. The topological polar surface area (TPSA) is 114 Å². The van der Waals surface area contributed by atoms with Gasteiger partial charge in [0.05, 0.1) is 12.8 Å². The fourth-order valence-electron chi connectivity index (χ4n) is 5.09. The Kier molecular flexibility index (Phi) is 6.68. The van der Waals surface area contributed by atoms with Crippen molar-refractivity contribution in [2.75, 3.05) is 22.6 Å². The molecule has 1 amide bonds. The maximum absolute atomic E-state index is 14.8. The molecule has 3 aliphatic carbocycles. The SMILES string of the molecule is CC(=O)Nc1cccc(Nc2nc(Nc3ccc(OCC45CCC(N)(CC4)CC5)c(F)c3)ncc2F)c1. The normalized spacial score (nSPS) is 22.4. The third kappa shape index (κ3) is 5.80. The van der Waals surface area contributed by atoms with Crippen molar-refractivity contribution in [1.82, 2.24) is 9.97 Å². The maximum Gasteiger partial charge on any atom is 0.229 e. The Morgan fingerprint density at radius 3 is 2.38 bits per heavy atom. The fourth-order valence-corrected chi connectivity index (χ4v) is 5.09. The molecule has 0 radical (unpaired) electrons. The highest BCUT2D eigenvalue weighted by Crippen LogP contribution is 2.51. The Bertz CT molecular complexity index is 1290. The molecule has 3 aromatic rings. The number of fused-ring (bicyclic) bond motifs is 3. The van der Waals surface area contributed by atoms with Crippen LogP contribution in [-0.2, 0) is 4.79 Å². The number of nitrogens with two attached hydrogens (primary N) is 1. The Labute approximate surface area is 214 Å². The number of nitrogens with zero attached hydrogens (tertiary/aromatic N) is 2. The van der Waals surface area contributed by atoms with Gasteiger partial charge in [0.1, 0.15) is 0 Å². The van der Waals surface area contributed by atoms with E-state index < -0.39 is 11.6 Å². The third-order valence-corrected chi connectivity index (χ3v) is 7.37. The van der Waals surface area contributed by atoms with Crippen LogP contribution in [0.4, 0.5) is 37.6 Å². The zero-order valence-corrected chi connectivity index (χ0v) is 20.6. The van der Waals surface area contributed by atoms with Crippen molar-refractivity contribution in [3.05, 3.63) is 60.3 Å². The van der Waals surface area contributed by atoms with E-state index in [0.717, 1.165) is 44.7 Å². The van der Waals surface area contributed by atoms with Crippen molar-refractivity contribution in [2.45, 2.75) is 51.0 Å². The zero-order valence-electron chi connectivity index (χ0n) is 20.6. The third-order valence-electron chi connectivity index (χ3n) is 7.37. The van der Waals surface area contributed by atoms with Gasteiger partial charge in [0.15, 0.2) is 23.2 Å². The van der Waals surface area contributed by atoms with Crippen molar-refractivity contribution in [1.29, 1.82) is 0 Å². The summed E-state index contributed by atoms with van der Waals surface area (Å²) < 4.78 is 35.1. The van der Waals surface area contributed by atoms with Crippen LogP contribution in [0.25, 0.3) is 0 Å². The van der Waals surface area contributed by atoms with E-state index in [4.69, 9.17) is 10.5 Å². The van der Waals surface area contributed by atoms with Gasteiger partial charge < -0.3 is 26.4 Å². The lowest BCUT2D eigenvalue weighted by Gasteiger charge is -2.51. The molecule has 0 saturated heterocycles. The molecule has 194 valence electrons. The van der Waals surface area contributed by atoms with Crippen LogP contribution < -0.4 is 26.4 Å². The number of benzene rings is 2. The second-order valence-electron chi connectivity index (χ2n) is 10.2. The summed E-state index contributed by atoms with van der Waals surface area (Å²) in [6, 6.07) is 11.3. The number of halogens is 2. The van der Waals surface area contributed by atoms with Crippen molar-refractivity contribution in [3.8, 4) is 5.75 Å². The molecule has 3 saturated carbocycles. The van der Waals surface area contributed by atoms with E-state index in [9.17, 15) is 13.6 Å². The van der Waals surface area contributed by atoms with Gasteiger partial charge in [-0.05, 0) is 68.9 Å². The summed E-state index contributed by atoms with van der Waals surface area (Å²) in [5.74, 6) is -1.18. The molecule has 6 rings (SSSR count). The van der Waals surface area contributed by atoms with Crippen LogP contribution in [0.15, 0.2) is 48.7 Å². The van der Waals surface area contributed by atoms with Crippen molar-refractivity contribution in [2.24, 2.45) is 11.1 Å². The van der Waals surface area contributed by atoms with Crippen LogP contribution >= 0.6 is 0 Å². The Morgan fingerprint density at radius 1 is 0.973 bits per heavy atom. The minimum atomic E-state index is -0.665. The molecular formula is C27H30F2N6O2. The van der Waals surface area contributed by atoms with E-state index in [2.05, 4.69) is 25.9 Å². The smallest absolute Gasteiger partial charge is 0.229 e. The summed E-state index contributed by atoms with van der Waals surface area (Å²) in [5, 5.41) is 8.45. The average molecular weight is 509 g/mol. The van der Waals surface area contributed by atoms with Crippen LogP contribution in [0.2, 0.25) is 0 Å². The molecule has 0 aliphatic heterocycles. The first-order valence-corrected chi connectivity index (χ1v) is 12.4. The van der Waals surface area contributed by atoms with Gasteiger partial charge in [-0.2, -0.15) is 4.98 Å². The Balaban J connectivity index is 1.23. The van der Waals surface area contributed by atoms with Crippen LogP contribution in [-0.4, -0.2) is 28.0 Å². The van der Waals surface area contributed by atoms with Gasteiger partial charge in [-0.15, -0.1) is 0 Å². The average Bonchev–Trinajstić information content (AvgIpc) is 2.86. The maximum atomic E-state index is 14.8. The lowest BCUT2D eigenvalue weighted by atomic mass is 9.58. The molecule has 10 heteroatoms. The first kappa shape index (κ1) is 24.9. The lowest BCUT2D eigenvalue weighted by molar-refractivity contribution is -0.114. The van der Waals surface area contributed by atoms with Gasteiger partial charge in [0.2, 0.25) is 11.9 Å². The first-order valence-electron chi connectivity index (χ1n) is 12.4. The molecule has 3 aliphatic rings. The highest BCUT2D eigenvalue weighted by Gasteiger charge is 2.47. The highest BCUT2D eigenvalue weighted by molar-refractivity contribution is 5.89. The molecule has 2 aromatic carbocycles. The molecule has 5 N–H and O–H groups in total. The largest absolute Gasteiger partial charge is 0.490 e. The monoisotopic (exact) mass is 508 g/mol. The molecule has 1 aromatic heterocycles. The molecule has 8 nitrogen and oxygen atoms in total. The van der Waals surface area contributed by atoms with Crippen molar-refractivity contribution >= 4 is 34.7 Å². The van der Waals surface area contributed by atoms with E-state index in [-0.39, 0.29) is 34.4 Å². The van der Waals surface area contributed by atoms with Gasteiger partial charge in [0, 0.05) is 41.0 Å². The van der Waals surface area contributed by atoms with E-state index in [1.54, 1.807) is 36.4 Å². The second-order valence-corrected chi connectivity index (χ2v) is 10.2. The number of aromatic nitrogens is 2. The summed E-state index contributed by atoms with van der Waals surface area (Å²) in [7, 11) is 0. The van der Waals surface area contributed by atoms with Gasteiger partial charge in [-0.3, -0.25) is 4.79 Å². The molecule has 0 spiro atoms. The molecule has 3 fully saturated rings. The molecule has 0 atom stereocenters. The zero-order chi connectivity index (χ0) is 26.0. The van der Waals surface area contributed by atoms with E-state index in [1.807, 2.05) is 0 Å². The number of hydrogen-bond acceptors (Lipinski definition) is 7. The Morgan fingerprint density at radius 2 is 1.68 bits per heavy atom. The highest BCUT2D eigenvalue weighted by atomic mass is 19.1. The van der Waals surface area contributed by atoms with E-state index >= 15 is 0 Å². The number of carbonyl (C=O) groups excluding carboxylic acids is 1. The minimum Gasteiger partial charge on any atom is -0.490 e.